The summed E-state index contributed by atoms with van der Waals surface area (Å²) in [4.78, 5) is 13.8. The smallest absolute Gasteiger partial charge is 0.320 e. The molecule has 0 aromatic rings. The largest absolute Gasteiger partial charge is 0.465 e. The van der Waals surface area contributed by atoms with Crippen LogP contribution >= 0.6 is 0 Å². The van der Waals surface area contributed by atoms with Gasteiger partial charge in [-0.1, -0.05) is 20.3 Å². The molecule has 0 atom stereocenters. The molecule has 1 N–H and O–H groups in total. The van der Waals surface area contributed by atoms with E-state index in [0.717, 1.165) is 44.9 Å². The SMILES string of the molecule is CCCCOC(=O)CN1CCC(CNCCC)CC1. The Morgan fingerprint density at radius 1 is 1.26 bits per heavy atom. The van der Waals surface area contributed by atoms with E-state index in [1.807, 2.05) is 0 Å². The Balaban J connectivity index is 2.07. The molecular formula is C15H30N2O2. The Hall–Kier alpha value is -0.610. The summed E-state index contributed by atoms with van der Waals surface area (Å²) in [7, 11) is 0. The first kappa shape index (κ1) is 16.4. The van der Waals surface area contributed by atoms with Crippen LogP contribution in [-0.2, 0) is 9.53 Å². The second-order valence-electron chi connectivity index (χ2n) is 5.50. The van der Waals surface area contributed by atoms with E-state index in [-0.39, 0.29) is 5.97 Å². The lowest BCUT2D eigenvalue weighted by Gasteiger charge is -2.31. The fraction of sp³-hybridized carbons (Fsp3) is 0.933. The van der Waals surface area contributed by atoms with Gasteiger partial charge in [-0.15, -0.1) is 0 Å². The summed E-state index contributed by atoms with van der Waals surface area (Å²) in [6, 6.07) is 0. The Kier molecular flexibility index (Phi) is 8.84. The molecule has 0 aromatic heterocycles. The van der Waals surface area contributed by atoms with Crippen molar-refractivity contribution in [3.63, 3.8) is 0 Å². The fourth-order valence-corrected chi connectivity index (χ4v) is 2.39. The number of unbranched alkanes of at least 4 members (excludes halogenated alkanes) is 1. The Morgan fingerprint density at radius 2 is 2.00 bits per heavy atom. The second kappa shape index (κ2) is 10.2. The van der Waals surface area contributed by atoms with Crippen molar-refractivity contribution in [1.29, 1.82) is 0 Å². The van der Waals surface area contributed by atoms with Crippen LogP contribution in [0.5, 0.6) is 0 Å². The van der Waals surface area contributed by atoms with E-state index in [1.54, 1.807) is 0 Å². The van der Waals surface area contributed by atoms with Gasteiger partial charge in [0.15, 0.2) is 0 Å². The standard InChI is InChI=1S/C15H30N2O2/c1-3-5-11-19-15(18)13-17-9-6-14(7-10-17)12-16-8-4-2/h14,16H,3-13H2,1-2H3. The van der Waals surface area contributed by atoms with Gasteiger partial charge < -0.3 is 10.1 Å². The van der Waals surface area contributed by atoms with Crippen molar-refractivity contribution in [2.45, 2.75) is 46.0 Å². The lowest BCUT2D eigenvalue weighted by Crippen LogP contribution is -2.40. The maximum Gasteiger partial charge on any atom is 0.320 e. The molecule has 0 aliphatic carbocycles. The maximum atomic E-state index is 11.6. The second-order valence-corrected chi connectivity index (χ2v) is 5.50. The number of esters is 1. The first-order valence-corrected chi connectivity index (χ1v) is 7.85. The highest BCUT2D eigenvalue weighted by molar-refractivity contribution is 5.71. The molecule has 1 aliphatic rings. The molecule has 0 aromatic carbocycles. The van der Waals surface area contributed by atoms with Crippen molar-refractivity contribution in [3.05, 3.63) is 0 Å². The van der Waals surface area contributed by atoms with Gasteiger partial charge in [-0.3, -0.25) is 9.69 Å². The van der Waals surface area contributed by atoms with E-state index in [9.17, 15) is 4.79 Å². The molecule has 1 fully saturated rings. The quantitative estimate of drug-likeness (QED) is 0.514. The number of nitrogens with zero attached hydrogens (tertiary/aromatic N) is 1. The number of likely N-dealkylation sites (tertiary alicyclic amines) is 1. The summed E-state index contributed by atoms with van der Waals surface area (Å²) >= 11 is 0. The number of carbonyl (C=O) groups is 1. The third kappa shape index (κ3) is 7.53. The number of nitrogens with one attached hydrogen (secondary N) is 1. The molecular weight excluding hydrogens is 240 g/mol. The normalized spacial score (nSPS) is 17.6. The molecule has 0 radical (unpaired) electrons. The van der Waals surface area contributed by atoms with Crippen LogP contribution in [0.3, 0.4) is 0 Å². The minimum atomic E-state index is -0.0593. The fourth-order valence-electron chi connectivity index (χ4n) is 2.39. The van der Waals surface area contributed by atoms with E-state index < -0.39 is 0 Å². The summed E-state index contributed by atoms with van der Waals surface area (Å²) in [5.74, 6) is 0.718. The average Bonchev–Trinajstić information content (AvgIpc) is 2.41. The van der Waals surface area contributed by atoms with Crippen LogP contribution < -0.4 is 5.32 Å². The van der Waals surface area contributed by atoms with Crippen molar-refractivity contribution in [2.75, 3.05) is 39.3 Å². The predicted molar refractivity (Wildman–Crippen MR) is 78.2 cm³/mol. The number of hydrogen-bond acceptors (Lipinski definition) is 4. The van der Waals surface area contributed by atoms with Crippen LogP contribution in [0.2, 0.25) is 0 Å². The summed E-state index contributed by atoms with van der Waals surface area (Å²) in [6.07, 6.45) is 5.63. The van der Waals surface area contributed by atoms with E-state index in [0.29, 0.717) is 13.2 Å². The monoisotopic (exact) mass is 270 g/mol. The molecule has 1 saturated heterocycles. The molecule has 0 spiro atoms. The molecule has 0 amide bonds. The van der Waals surface area contributed by atoms with Gasteiger partial charge in [-0.25, -0.2) is 0 Å². The molecule has 1 heterocycles. The van der Waals surface area contributed by atoms with Crippen molar-refractivity contribution in [1.82, 2.24) is 10.2 Å². The summed E-state index contributed by atoms with van der Waals surface area (Å²) in [6.45, 7) is 9.64. The van der Waals surface area contributed by atoms with Crippen LogP contribution in [-0.4, -0.2) is 50.2 Å². The van der Waals surface area contributed by atoms with Crippen LogP contribution in [0.15, 0.2) is 0 Å². The average molecular weight is 270 g/mol. The van der Waals surface area contributed by atoms with Crippen LogP contribution in [0.25, 0.3) is 0 Å². The topological polar surface area (TPSA) is 41.6 Å². The zero-order valence-corrected chi connectivity index (χ0v) is 12.6. The summed E-state index contributed by atoms with van der Waals surface area (Å²) < 4.78 is 5.20. The highest BCUT2D eigenvalue weighted by Gasteiger charge is 2.20. The Morgan fingerprint density at radius 3 is 2.63 bits per heavy atom. The van der Waals surface area contributed by atoms with Gasteiger partial charge in [-0.2, -0.15) is 0 Å². The molecule has 0 unspecified atom stereocenters. The van der Waals surface area contributed by atoms with Gasteiger partial charge in [0.25, 0.3) is 0 Å². The molecule has 1 rings (SSSR count). The molecule has 112 valence electrons. The molecule has 4 nitrogen and oxygen atoms in total. The van der Waals surface area contributed by atoms with Crippen LogP contribution in [0.4, 0.5) is 0 Å². The predicted octanol–water partition coefficient (Wildman–Crippen LogP) is 2.04. The zero-order valence-electron chi connectivity index (χ0n) is 12.6. The summed E-state index contributed by atoms with van der Waals surface area (Å²) in [5, 5.41) is 3.48. The first-order chi connectivity index (χ1) is 9.26. The minimum absolute atomic E-state index is 0.0593. The zero-order chi connectivity index (χ0) is 13.9. The van der Waals surface area contributed by atoms with E-state index >= 15 is 0 Å². The third-order valence-corrected chi connectivity index (χ3v) is 3.68. The number of carbonyl (C=O) groups excluding carboxylic acids is 1. The van der Waals surface area contributed by atoms with Gasteiger partial charge in [0, 0.05) is 0 Å². The first-order valence-electron chi connectivity index (χ1n) is 7.85. The van der Waals surface area contributed by atoms with Crippen molar-refractivity contribution >= 4 is 5.97 Å². The summed E-state index contributed by atoms with van der Waals surface area (Å²) in [5.41, 5.74) is 0. The molecule has 0 saturated carbocycles. The van der Waals surface area contributed by atoms with E-state index in [2.05, 4.69) is 24.1 Å². The maximum absolute atomic E-state index is 11.6. The number of hydrogen-bond donors (Lipinski definition) is 1. The highest BCUT2D eigenvalue weighted by Crippen LogP contribution is 2.16. The molecule has 19 heavy (non-hydrogen) atoms. The lowest BCUT2D eigenvalue weighted by molar-refractivity contribution is -0.145. The molecule has 0 bridgehead atoms. The molecule has 1 aliphatic heterocycles. The number of piperidine rings is 1. The third-order valence-electron chi connectivity index (χ3n) is 3.68. The Labute approximate surface area is 117 Å². The van der Waals surface area contributed by atoms with Gasteiger partial charge in [0.2, 0.25) is 0 Å². The van der Waals surface area contributed by atoms with Crippen molar-refractivity contribution in [2.24, 2.45) is 5.92 Å². The van der Waals surface area contributed by atoms with Crippen LogP contribution in [0.1, 0.15) is 46.0 Å². The Bertz CT molecular complexity index is 238. The van der Waals surface area contributed by atoms with E-state index in [1.165, 1.54) is 19.3 Å². The van der Waals surface area contributed by atoms with E-state index in [4.69, 9.17) is 4.74 Å². The van der Waals surface area contributed by atoms with Crippen molar-refractivity contribution < 1.29 is 9.53 Å². The molecule has 4 heteroatoms. The van der Waals surface area contributed by atoms with Crippen LogP contribution in [0, 0.1) is 5.92 Å². The lowest BCUT2D eigenvalue weighted by atomic mass is 9.97. The van der Waals surface area contributed by atoms with Gasteiger partial charge in [-0.05, 0) is 57.8 Å². The van der Waals surface area contributed by atoms with Gasteiger partial charge in [0.05, 0.1) is 13.2 Å². The van der Waals surface area contributed by atoms with Crippen molar-refractivity contribution in [3.8, 4) is 0 Å². The highest BCUT2D eigenvalue weighted by atomic mass is 16.5. The number of rotatable bonds is 9. The minimum Gasteiger partial charge on any atom is -0.465 e. The van der Waals surface area contributed by atoms with Gasteiger partial charge in [0.1, 0.15) is 0 Å². The van der Waals surface area contributed by atoms with Gasteiger partial charge >= 0.3 is 5.97 Å². The number of ether oxygens (including phenoxy) is 1.